The molecule has 176 valence electrons. The first-order valence-corrected chi connectivity index (χ1v) is 12.7. The van der Waals surface area contributed by atoms with Gasteiger partial charge in [0.2, 0.25) is 0 Å². The summed E-state index contributed by atoms with van der Waals surface area (Å²) < 4.78 is 12.5. The van der Waals surface area contributed by atoms with E-state index in [1.54, 1.807) is 0 Å². The molecule has 0 amide bonds. The zero-order valence-corrected chi connectivity index (χ0v) is 20.9. The molecule has 0 spiro atoms. The molecule has 0 N–H and O–H groups in total. The predicted molar refractivity (Wildman–Crippen MR) is 124 cm³/mol. The lowest BCUT2D eigenvalue weighted by molar-refractivity contribution is -0.883. The summed E-state index contributed by atoms with van der Waals surface area (Å²) in [6, 6.07) is 0. The van der Waals surface area contributed by atoms with E-state index in [9.17, 15) is 4.79 Å². The van der Waals surface area contributed by atoms with Crippen molar-refractivity contribution in [1.82, 2.24) is 0 Å². The first kappa shape index (κ1) is 25.6. The summed E-state index contributed by atoms with van der Waals surface area (Å²) in [6.45, 7) is 12.1. The maximum Gasteiger partial charge on any atom is 0.361 e. The average molecular weight is 425 g/mol. The fraction of sp³-hybridized carbons (Fsp3) is 0.962. The van der Waals surface area contributed by atoms with Crippen LogP contribution in [-0.4, -0.2) is 57.0 Å². The molecule has 0 aromatic heterocycles. The molecule has 2 aliphatic carbocycles. The largest absolute Gasteiger partial charge is 0.462 e. The van der Waals surface area contributed by atoms with Crippen LogP contribution < -0.4 is 0 Å². The number of likely N-dealkylation sites (N-methyl/N-ethyl adjacent to an activating group) is 1. The van der Waals surface area contributed by atoms with Crippen molar-refractivity contribution in [3.63, 3.8) is 0 Å². The Morgan fingerprint density at radius 1 is 0.967 bits per heavy atom. The van der Waals surface area contributed by atoms with Gasteiger partial charge in [-0.15, -0.1) is 0 Å². The van der Waals surface area contributed by atoms with Crippen LogP contribution in [0.25, 0.3) is 0 Å². The van der Waals surface area contributed by atoms with Gasteiger partial charge in [-0.3, -0.25) is 0 Å². The van der Waals surface area contributed by atoms with E-state index in [0.717, 1.165) is 25.5 Å². The molecule has 4 nitrogen and oxygen atoms in total. The van der Waals surface area contributed by atoms with Gasteiger partial charge in [-0.05, 0) is 42.4 Å². The number of ether oxygens (including phenoxy) is 2. The van der Waals surface area contributed by atoms with Crippen molar-refractivity contribution in [1.29, 1.82) is 0 Å². The number of quaternary nitrogens is 1. The van der Waals surface area contributed by atoms with E-state index in [1.165, 1.54) is 64.2 Å². The third kappa shape index (κ3) is 6.69. The van der Waals surface area contributed by atoms with Gasteiger partial charge in [-0.2, -0.15) is 0 Å². The second-order valence-electron chi connectivity index (χ2n) is 11.5. The molecule has 2 rings (SSSR count). The Kier molecular flexibility index (Phi) is 9.67. The molecule has 4 heteroatoms. The Hall–Kier alpha value is -0.610. The van der Waals surface area contributed by atoms with E-state index in [0.29, 0.717) is 34.6 Å². The Balaban J connectivity index is 1.55. The summed E-state index contributed by atoms with van der Waals surface area (Å²) in [5.41, 5.74) is 0.699. The summed E-state index contributed by atoms with van der Waals surface area (Å²) in [6.07, 6.45) is 14.3. The van der Waals surface area contributed by atoms with Crippen LogP contribution in [-0.2, 0) is 14.3 Å². The van der Waals surface area contributed by atoms with E-state index >= 15 is 0 Å². The standard InChI is InChI=1S/C26H50NO3/c1-7-8-9-10-11-12-13-14-18-30-24(28)21-27(5,6)17-19-29-23-20-22-15-16-26(23,4)25(22,2)3/h22-23H,7-21H2,1-6H3/q+1. The molecule has 2 saturated carbocycles. The molecule has 3 atom stereocenters. The lowest BCUT2D eigenvalue weighted by atomic mass is 9.70. The van der Waals surface area contributed by atoms with E-state index < -0.39 is 0 Å². The third-order valence-electron chi connectivity index (χ3n) is 8.55. The van der Waals surface area contributed by atoms with Gasteiger partial charge < -0.3 is 14.0 Å². The second-order valence-corrected chi connectivity index (χ2v) is 11.5. The second kappa shape index (κ2) is 11.3. The Labute approximate surface area is 186 Å². The fourth-order valence-corrected chi connectivity index (χ4v) is 5.72. The minimum Gasteiger partial charge on any atom is -0.462 e. The molecule has 30 heavy (non-hydrogen) atoms. The number of rotatable bonds is 15. The van der Waals surface area contributed by atoms with Crippen LogP contribution in [0.1, 0.15) is 98.3 Å². The molecular formula is C26H50NO3+. The summed E-state index contributed by atoms with van der Waals surface area (Å²) in [4.78, 5) is 12.2. The maximum absolute atomic E-state index is 12.2. The number of unbranched alkanes of at least 4 members (excludes halogenated alkanes) is 7. The average Bonchev–Trinajstić information content (AvgIpc) is 2.99. The molecule has 2 fully saturated rings. The summed E-state index contributed by atoms with van der Waals surface area (Å²) >= 11 is 0. The van der Waals surface area contributed by atoms with E-state index in [2.05, 4.69) is 41.8 Å². The lowest BCUT2D eigenvalue weighted by Crippen LogP contribution is -2.47. The molecule has 0 aromatic carbocycles. The highest BCUT2D eigenvalue weighted by Crippen LogP contribution is 2.66. The number of hydrogen-bond donors (Lipinski definition) is 0. The summed E-state index contributed by atoms with van der Waals surface area (Å²) in [5, 5.41) is 0. The molecule has 0 aromatic rings. The van der Waals surface area contributed by atoms with Crippen molar-refractivity contribution in [2.75, 3.05) is 40.4 Å². The number of nitrogens with zero attached hydrogens (tertiary/aromatic N) is 1. The number of carbonyl (C=O) groups is 1. The van der Waals surface area contributed by atoms with Crippen LogP contribution in [0, 0.1) is 16.7 Å². The molecule has 2 aliphatic rings. The highest BCUT2D eigenvalue weighted by Gasteiger charge is 2.61. The first-order valence-electron chi connectivity index (χ1n) is 12.7. The van der Waals surface area contributed by atoms with Gasteiger partial charge in [0.05, 0.1) is 33.4 Å². The molecular weight excluding hydrogens is 374 g/mol. The monoisotopic (exact) mass is 424 g/mol. The van der Waals surface area contributed by atoms with Crippen LogP contribution >= 0.6 is 0 Å². The number of esters is 1. The zero-order valence-electron chi connectivity index (χ0n) is 20.9. The molecule has 0 aliphatic heterocycles. The zero-order chi connectivity index (χ0) is 22.3. The minimum atomic E-state index is -0.0732. The first-order chi connectivity index (χ1) is 14.1. The van der Waals surface area contributed by atoms with Gasteiger partial charge in [0.15, 0.2) is 6.54 Å². The van der Waals surface area contributed by atoms with Crippen molar-refractivity contribution in [2.45, 2.75) is 104 Å². The van der Waals surface area contributed by atoms with E-state index in [1.807, 2.05) is 0 Å². The highest BCUT2D eigenvalue weighted by atomic mass is 16.5. The van der Waals surface area contributed by atoms with E-state index in [4.69, 9.17) is 9.47 Å². The molecule has 2 bridgehead atoms. The third-order valence-corrected chi connectivity index (χ3v) is 8.55. The van der Waals surface area contributed by atoms with Crippen molar-refractivity contribution >= 4 is 5.97 Å². The molecule has 3 unspecified atom stereocenters. The van der Waals surface area contributed by atoms with Crippen LogP contribution in [0.2, 0.25) is 0 Å². The lowest BCUT2D eigenvalue weighted by Gasteiger charge is -2.39. The van der Waals surface area contributed by atoms with Crippen molar-refractivity contribution in [3.05, 3.63) is 0 Å². The molecule has 0 radical (unpaired) electrons. The van der Waals surface area contributed by atoms with Crippen molar-refractivity contribution < 1.29 is 18.8 Å². The van der Waals surface area contributed by atoms with Crippen LogP contribution in [0.15, 0.2) is 0 Å². The Morgan fingerprint density at radius 3 is 2.17 bits per heavy atom. The summed E-state index contributed by atoms with van der Waals surface area (Å²) in [7, 11) is 4.21. The maximum atomic E-state index is 12.2. The Bertz CT molecular complexity index is 530. The van der Waals surface area contributed by atoms with Gasteiger partial charge in [0.1, 0.15) is 6.54 Å². The van der Waals surface area contributed by atoms with Gasteiger partial charge in [0.25, 0.3) is 0 Å². The van der Waals surface area contributed by atoms with Crippen LogP contribution in [0.4, 0.5) is 0 Å². The normalized spacial score (nSPS) is 27.5. The molecule has 0 heterocycles. The molecule has 0 saturated heterocycles. The van der Waals surface area contributed by atoms with Crippen molar-refractivity contribution in [2.24, 2.45) is 16.7 Å². The van der Waals surface area contributed by atoms with Gasteiger partial charge in [-0.25, -0.2) is 4.79 Å². The van der Waals surface area contributed by atoms with Gasteiger partial charge in [0, 0.05) is 0 Å². The topological polar surface area (TPSA) is 35.5 Å². The minimum absolute atomic E-state index is 0.0732. The quantitative estimate of drug-likeness (QED) is 0.184. The van der Waals surface area contributed by atoms with Gasteiger partial charge in [-0.1, -0.05) is 72.6 Å². The summed E-state index contributed by atoms with van der Waals surface area (Å²) in [5.74, 6) is 0.734. The van der Waals surface area contributed by atoms with Crippen LogP contribution in [0.5, 0.6) is 0 Å². The SMILES string of the molecule is CCCCCCCCCCOC(=O)C[N+](C)(C)CCOC1CC2CCC1(C)C2(C)C. The predicted octanol–water partition coefficient (Wildman–Crippen LogP) is 5.98. The fourth-order valence-electron chi connectivity index (χ4n) is 5.72. The Morgan fingerprint density at radius 2 is 1.60 bits per heavy atom. The number of carbonyl (C=O) groups excluding carboxylic acids is 1. The van der Waals surface area contributed by atoms with Gasteiger partial charge >= 0.3 is 5.97 Å². The number of fused-ring (bicyclic) bond motifs is 2. The van der Waals surface area contributed by atoms with Crippen molar-refractivity contribution in [3.8, 4) is 0 Å². The smallest absolute Gasteiger partial charge is 0.361 e. The van der Waals surface area contributed by atoms with Crippen LogP contribution in [0.3, 0.4) is 0 Å². The number of hydrogen-bond acceptors (Lipinski definition) is 3. The van der Waals surface area contributed by atoms with E-state index in [-0.39, 0.29) is 5.97 Å². The highest BCUT2D eigenvalue weighted by molar-refractivity contribution is 5.70.